The number of aromatic nitrogens is 2. The number of nitrogens with zero attached hydrogens (tertiary/aromatic N) is 2. The number of hydrogen-bond donors (Lipinski definition) is 0. The highest BCUT2D eigenvalue weighted by molar-refractivity contribution is 7.98. The normalized spacial score (nSPS) is 10.7. The Kier molecular flexibility index (Phi) is 4.04. The third kappa shape index (κ3) is 3.04. The minimum atomic E-state index is -0.245. The van der Waals surface area contributed by atoms with Crippen LogP contribution < -0.4 is 5.56 Å². The molecule has 0 aliphatic heterocycles. The van der Waals surface area contributed by atoms with E-state index in [0.29, 0.717) is 16.5 Å². The van der Waals surface area contributed by atoms with Crippen LogP contribution in [0.1, 0.15) is 16.8 Å². The molecule has 1 heterocycles. The predicted octanol–water partition coefficient (Wildman–Crippen LogP) is 2.83. The van der Waals surface area contributed by atoms with Gasteiger partial charge in [0, 0.05) is 24.1 Å². The second kappa shape index (κ2) is 5.57. The monoisotopic (exact) mass is 278 g/mol. The summed E-state index contributed by atoms with van der Waals surface area (Å²) in [5.41, 5.74) is 2.41. The summed E-state index contributed by atoms with van der Waals surface area (Å²) in [6, 6.07) is 6.34. The summed E-state index contributed by atoms with van der Waals surface area (Å²) in [4.78, 5) is 15.7. The van der Waals surface area contributed by atoms with Crippen LogP contribution in [0.5, 0.6) is 0 Å². The summed E-state index contributed by atoms with van der Waals surface area (Å²) in [6.45, 7) is 3.68. The Hall–Kier alpha value is -1.62. The Balaban J connectivity index is 2.20. The molecule has 0 N–H and O–H groups in total. The van der Waals surface area contributed by atoms with Gasteiger partial charge in [-0.25, -0.2) is 4.39 Å². The molecule has 19 heavy (non-hydrogen) atoms. The molecule has 2 rings (SSSR count). The van der Waals surface area contributed by atoms with Crippen LogP contribution in [0.25, 0.3) is 0 Å². The van der Waals surface area contributed by atoms with Gasteiger partial charge in [-0.05, 0) is 31.5 Å². The first-order valence-electron chi connectivity index (χ1n) is 5.90. The summed E-state index contributed by atoms with van der Waals surface area (Å²) in [5.74, 6) is 0.411. The van der Waals surface area contributed by atoms with E-state index in [9.17, 15) is 9.18 Å². The molecule has 0 spiro atoms. The van der Waals surface area contributed by atoms with Gasteiger partial charge in [-0.3, -0.25) is 4.79 Å². The quantitative estimate of drug-likeness (QED) is 0.639. The lowest BCUT2D eigenvalue weighted by molar-refractivity contribution is 0.627. The number of rotatable bonds is 3. The van der Waals surface area contributed by atoms with E-state index >= 15 is 0 Å². The van der Waals surface area contributed by atoms with Gasteiger partial charge in [-0.15, -0.1) is 0 Å². The Morgan fingerprint density at radius 2 is 1.89 bits per heavy atom. The molecule has 0 amide bonds. The maximum Gasteiger partial charge on any atom is 0.276 e. The van der Waals surface area contributed by atoms with Crippen molar-refractivity contribution in [2.45, 2.75) is 24.8 Å². The van der Waals surface area contributed by atoms with Crippen LogP contribution in [0.15, 0.2) is 34.2 Å². The lowest BCUT2D eigenvalue weighted by atomic mass is 10.2. The number of thioether (sulfide) groups is 1. The topological polar surface area (TPSA) is 34.9 Å². The number of hydrogen-bond acceptors (Lipinski definition) is 3. The molecule has 2 aromatic rings. The zero-order valence-electron chi connectivity index (χ0n) is 11.1. The summed E-state index contributed by atoms with van der Waals surface area (Å²) in [7, 11) is 1.89. The highest BCUT2D eigenvalue weighted by atomic mass is 32.2. The van der Waals surface area contributed by atoms with Gasteiger partial charge in [0.2, 0.25) is 0 Å². The molecule has 3 nitrogen and oxygen atoms in total. The van der Waals surface area contributed by atoms with Gasteiger partial charge < -0.3 is 4.57 Å². The van der Waals surface area contributed by atoms with Crippen LogP contribution in [0.4, 0.5) is 4.39 Å². The first kappa shape index (κ1) is 13.8. The van der Waals surface area contributed by atoms with Crippen molar-refractivity contribution < 1.29 is 4.39 Å². The fourth-order valence-electron chi connectivity index (χ4n) is 1.65. The van der Waals surface area contributed by atoms with Gasteiger partial charge in [-0.1, -0.05) is 23.9 Å². The highest BCUT2D eigenvalue weighted by Crippen LogP contribution is 2.21. The first-order valence-corrected chi connectivity index (χ1v) is 6.89. The van der Waals surface area contributed by atoms with Gasteiger partial charge in [0.1, 0.15) is 5.82 Å². The molecule has 0 atom stereocenters. The van der Waals surface area contributed by atoms with E-state index in [1.807, 2.05) is 18.5 Å². The zero-order valence-corrected chi connectivity index (χ0v) is 11.9. The van der Waals surface area contributed by atoms with Gasteiger partial charge in [-0.2, -0.15) is 4.98 Å². The van der Waals surface area contributed by atoms with Gasteiger partial charge >= 0.3 is 0 Å². The van der Waals surface area contributed by atoms with Crippen molar-refractivity contribution >= 4 is 11.8 Å². The third-order valence-corrected chi connectivity index (χ3v) is 4.23. The summed E-state index contributed by atoms with van der Waals surface area (Å²) in [6.07, 6.45) is 0. The fraction of sp³-hybridized carbons (Fsp3) is 0.286. The van der Waals surface area contributed by atoms with Crippen LogP contribution in [0.3, 0.4) is 0 Å². The van der Waals surface area contributed by atoms with Gasteiger partial charge in [0.05, 0.1) is 0 Å². The molecule has 0 fully saturated rings. The van der Waals surface area contributed by atoms with E-state index in [-0.39, 0.29) is 11.4 Å². The molecular formula is C14H15FN2OS. The average molecular weight is 278 g/mol. The van der Waals surface area contributed by atoms with Crippen molar-refractivity contribution in [3.05, 3.63) is 57.3 Å². The van der Waals surface area contributed by atoms with E-state index in [1.165, 1.54) is 23.9 Å². The van der Waals surface area contributed by atoms with Crippen molar-refractivity contribution in [3.8, 4) is 0 Å². The lowest BCUT2D eigenvalue weighted by Gasteiger charge is -2.12. The second-order valence-electron chi connectivity index (χ2n) is 4.38. The van der Waals surface area contributed by atoms with Crippen molar-refractivity contribution in [1.29, 1.82) is 0 Å². The minimum Gasteiger partial charge on any atom is -0.327 e. The molecule has 0 aliphatic carbocycles. The lowest BCUT2D eigenvalue weighted by Crippen LogP contribution is -2.18. The van der Waals surface area contributed by atoms with Crippen molar-refractivity contribution in [1.82, 2.24) is 9.55 Å². The van der Waals surface area contributed by atoms with E-state index in [2.05, 4.69) is 4.98 Å². The predicted molar refractivity (Wildman–Crippen MR) is 74.9 cm³/mol. The maximum absolute atomic E-state index is 12.8. The van der Waals surface area contributed by atoms with Crippen LogP contribution in [-0.2, 0) is 12.8 Å². The summed E-state index contributed by atoms with van der Waals surface area (Å²) >= 11 is 1.47. The molecule has 0 radical (unpaired) electrons. The molecule has 0 saturated heterocycles. The van der Waals surface area contributed by atoms with Crippen LogP contribution in [0, 0.1) is 19.7 Å². The number of benzene rings is 1. The average Bonchev–Trinajstić information content (AvgIpc) is 2.41. The molecule has 1 aromatic carbocycles. The zero-order chi connectivity index (χ0) is 14.0. The van der Waals surface area contributed by atoms with Crippen molar-refractivity contribution in [2.24, 2.45) is 7.05 Å². The van der Waals surface area contributed by atoms with Crippen molar-refractivity contribution in [3.63, 3.8) is 0 Å². The standard InChI is InChI=1S/C14H15FN2OS/c1-9-10(2)17(3)14(16-13(9)18)19-8-11-4-6-12(15)7-5-11/h4-7H,8H2,1-3H3. The van der Waals surface area contributed by atoms with Gasteiger partial charge in [0.25, 0.3) is 5.56 Å². The Labute approximate surface area is 115 Å². The summed E-state index contributed by atoms with van der Waals surface area (Å²) in [5, 5.41) is 0.678. The fourth-order valence-corrected chi connectivity index (χ4v) is 2.62. The van der Waals surface area contributed by atoms with Crippen LogP contribution >= 0.6 is 11.8 Å². The smallest absolute Gasteiger partial charge is 0.276 e. The summed E-state index contributed by atoms with van der Waals surface area (Å²) < 4.78 is 14.7. The molecule has 0 bridgehead atoms. The van der Waals surface area contributed by atoms with Crippen LogP contribution in [-0.4, -0.2) is 9.55 Å². The molecule has 0 aliphatic rings. The Bertz CT molecular complexity index is 650. The van der Waals surface area contributed by atoms with E-state index < -0.39 is 0 Å². The van der Waals surface area contributed by atoms with E-state index in [4.69, 9.17) is 0 Å². The van der Waals surface area contributed by atoms with Crippen molar-refractivity contribution in [2.75, 3.05) is 0 Å². The highest BCUT2D eigenvalue weighted by Gasteiger charge is 2.08. The minimum absolute atomic E-state index is 0.183. The molecule has 5 heteroatoms. The molecule has 0 unspecified atom stereocenters. The molecule has 0 saturated carbocycles. The largest absolute Gasteiger partial charge is 0.327 e. The molecule has 1 aromatic heterocycles. The van der Waals surface area contributed by atoms with Crippen LogP contribution in [0.2, 0.25) is 0 Å². The SMILES string of the molecule is Cc1c(C)n(C)c(SCc2ccc(F)cc2)nc1=O. The first-order chi connectivity index (χ1) is 8.99. The maximum atomic E-state index is 12.8. The van der Waals surface area contributed by atoms with E-state index in [1.54, 1.807) is 19.1 Å². The Morgan fingerprint density at radius 3 is 2.53 bits per heavy atom. The molecule has 100 valence electrons. The van der Waals surface area contributed by atoms with E-state index in [0.717, 1.165) is 11.3 Å². The second-order valence-corrected chi connectivity index (χ2v) is 5.33. The van der Waals surface area contributed by atoms with Gasteiger partial charge in [0.15, 0.2) is 5.16 Å². The number of halogens is 1. The Morgan fingerprint density at radius 1 is 1.26 bits per heavy atom. The third-order valence-electron chi connectivity index (χ3n) is 3.13. The molecular weight excluding hydrogens is 263 g/mol.